The first-order valence-corrected chi connectivity index (χ1v) is 5.89. The minimum absolute atomic E-state index is 0.0196. The molecule has 0 rings (SSSR count). The molecular weight excluding hydrogens is 186 g/mol. The summed E-state index contributed by atoms with van der Waals surface area (Å²) >= 11 is 5.51. The fraction of sp³-hybridized carbons (Fsp3) is 1.00. The Morgan fingerprint density at radius 1 is 1.55 bits per heavy atom. The largest absolute Gasteiger partial charge is 0.325 e. The molecule has 0 aliphatic carbocycles. The molecular formula is C6H14ClO3P. The van der Waals surface area contributed by atoms with E-state index >= 15 is 0 Å². The van der Waals surface area contributed by atoms with Gasteiger partial charge in [-0.3, -0.25) is 4.57 Å². The number of alkyl halides is 1. The third-order valence-corrected chi connectivity index (χ3v) is 2.84. The van der Waals surface area contributed by atoms with Gasteiger partial charge in [-0.15, -0.1) is 11.6 Å². The predicted molar refractivity (Wildman–Crippen MR) is 46.0 cm³/mol. The van der Waals surface area contributed by atoms with Crippen molar-refractivity contribution in [3.8, 4) is 0 Å². The van der Waals surface area contributed by atoms with Gasteiger partial charge < -0.3 is 9.79 Å². The van der Waals surface area contributed by atoms with E-state index in [0.29, 0.717) is 18.2 Å². The van der Waals surface area contributed by atoms with Crippen molar-refractivity contribution >= 4 is 19.2 Å². The fourth-order valence-corrected chi connectivity index (χ4v) is 1.47. The van der Waals surface area contributed by atoms with Crippen LogP contribution >= 0.6 is 19.2 Å². The van der Waals surface area contributed by atoms with Gasteiger partial charge in [0.2, 0.25) is 0 Å². The first kappa shape index (κ1) is 11.4. The summed E-state index contributed by atoms with van der Waals surface area (Å²) in [6.07, 6.45) is 1.32. The van der Waals surface area contributed by atoms with E-state index in [1.54, 1.807) is 0 Å². The van der Waals surface area contributed by atoms with Crippen LogP contribution in [0, 0.1) is 5.92 Å². The summed E-state index contributed by atoms with van der Waals surface area (Å²) in [6.45, 7) is 1.96. The molecule has 0 saturated carbocycles. The lowest BCUT2D eigenvalue weighted by Gasteiger charge is -2.07. The van der Waals surface area contributed by atoms with Gasteiger partial charge in [-0.25, -0.2) is 0 Å². The normalized spacial score (nSPS) is 14.9. The molecule has 5 heteroatoms. The average Bonchev–Trinajstić information content (AvgIpc) is 1.85. The van der Waals surface area contributed by atoms with Gasteiger partial charge in [-0.2, -0.15) is 0 Å². The first-order valence-electron chi connectivity index (χ1n) is 3.56. The zero-order valence-electron chi connectivity index (χ0n) is 6.53. The monoisotopic (exact) mass is 200 g/mol. The standard InChI is InChI=1S/C6H14ClO3P/c1-6(5-7)3-2-4-11(8,9)10/h6H,2-5H2,1H3,(H2,8,9,10). The van der Waals surface area contributed by atoms with Crippen LogP contribution in [0.3, 0.4) is 0 Å². The summed E-state index contributed by atoms with van der Waals surface area (Å²) in [5.74, 6) is 0.907. The number of rotatable bonds is 5. The van der Waals surface area contributed by atoms with E-state index in [0.717, 1.165) is 6.42 Å². The molecule has 3 nitrogen and oxygen atoms in total. The molecule has 68 valence electrons. The van der Waals surface area contributed by atoms with Crippen molar-refractivity contribution in [2.24, 2.45) is 5.92 Å². The maximum Gasteiger partial charge on any atom is 0.325 e. The summed E-state index contributed by atoms with van der Waals surface area (Å²) in [5, 5.41) is 0. The van der Waals surface area contributed by atoms with Gasteiger partial charge in [0.05, 0.1) is 0 Å². The van der Waals surface area contributed by atoms with Crippen molar-refractivity contribution in [3.63, 3.8) is 0 Å². The molecule has 0 heterocycles. The first-order chi connectivity index (χ1) is 4.95. The molecule has 0 radical (unpaired) electrons. The Bertz CT molecular complexity index is 145. The van der Waals surface area contributed by atoms with Gasteiger partial charge >= 0.3 is 7.60 Å². The van der Waals surface area contributed by atoms with Crippen LogP contribution in [0.1, 0.15) is 19.8 Å². The van der Waals surface area contributed by atoms with E-state index in [1.165, 1.54) is 0 Å². The predicted octanol–water partition coefficient (Wildman–Crippen LogP) is 1.82. The van der Waals surface area contributed by atoms with Gasteiger partial charge in [0.1, 0.15) is 0 Å². The number of hydrogen-bond acceptors (Lipinski definition) is 1. The summed E-state index contributed by atoms with van der Waals surface area (Å²) in [7, 11) is -3.78. The second-order valence-electron chi connectivity index (χ2n) is 2.79. The Hall–Kier alpha value is 0.440. The average molecular weight is 201 g/mol. The van der Waals surface area contributed by atoms with E-state index in [2.05, 4.69) is 0 Å². The Morgan fingerprint density at radius 3 is 2.45 bits per heavy atom. The topological polar surface area (TPSA) is 57.5 Å². The van der Waals surface area contributed by atoms with Crippen LogP contribution in [0.4, 0.5) is 0 Å². The van der Waals surface area contributed by atoms with E-state index < -0.39 is 7.60 Å². The quantitative estimate of drug-likeness (QED) is 0.526. The van der Waals surface area contributed by atoms with Crippen LogP contribution in [0.5, 0.6) is 0 Å². The lowest BCUT2D eigenvalue weighted by molar-refractivity contribution is 0.369. The van der Waals surface area contributed by atoms with Crippen LogP contribution in [-0.2, 0) is 4.57 Å². The van der Waals surface area contributed by atoms with Crippen LogP contribution in [0.25, 0.3) is 0 Å². The molecule has 0 amide bonds. The summed E-state index contributed by atoms with van der Waals surface area (Å²) in [6, 6.07) is 0. The Kier molecular flexibility index (Phi) is 5.36. The van der Waals surface area contributed by atoms with Crippen molar-refractivity contribution in [2.75, 3.05) is 12.0 Å². The van der Waals surface area contributed by atoms with E-state index in [-0.39, 0.29) is 6.16 Å². The molecule has 0 spiro atoms. The third kappa shape index (κ3) is 8.35. The Morgan fingerprint density at radius 2 is 2.09 bits per heavy atom. The van der Waals surface area contributed by atoms with E-state index in [9.17, 15) is 4.57 Å². The van der Waals surface area contributed by atoms with Crippen LogP contribution in [0.2, 0.25) is 0 Å². The maximum atomic E-state index is 10.4. The molecule has 2 N–H and O–H groups in total. The summed E-state index contributed by atoms with van der Waals surface area (Å²) in [5.41, 5.74) is 0. The second-order valence-corrected chi connectivity index (χ2v) is 4.88. The van der Waals surface area contributed by atoms with E-state index in [1.807, 2.05) is 6.92 Å². The highest BCUT2D eigenvalue weighted by molar-refractivity contribution is 7.51. The highest BCUT2D eigenvalue weighted by Gasteiger charge is 2.12. The molecule has 1 atom stereocenters. The molecule has 11 heavy (non-hydrogen) atoms. The SMILES string of the molecule is CC(CCl)CCCP(=O)(O)O. The van der Waals surface area contributed by atoms with Gasteiger partial charge in [-0.1, -0.05) is 6.92 Å². The van der Waals surface area contributed by atoms with Crippen LogP contribution in [0.15, 0.2) is 0 Å². The highest BCUT2D eigenvalue weighted by atomic mass is 35.5. The van der Waals surface area contributed by atoms with Crippen molar-refractivity contribution < 1.29 is 14.4 Å². The minimum Gasteiger partial charge on any atom is -0.324 e. The zero-order chi connectivity index (χ0) is 8.91. The molecule has 0 aliphatic rings. The van der Waals surface area contributed by atoms with E-state index in [4.69, 9.17) is 21.4 Å². The van der Waals surface area contributed by atoms with Crippen molar-refractivity contribution in [1.29, 1.82) is 0 Å². The van der Waals surface area contributed by atoms with Crippen LogP contribution < -0.4 is 0 Å². The fourth-order valence-electron chi connectivity index (χ4n) is 0.723. The van der Waals surface area contributed by atoms with Crippen molar-refractivity contribution in [3.05, 3.63) is 0 Å². The molecule has 0 aromatic heterocycles. The summed E-state index contributed by atoms with van der Waals surface area (Å²) in [4.78, 5) is 17.0. The zero-order valence-corrected chi connectivity index (χ0v) is 8.18. The van der Waals surface area contributed by atoms with Crippen LogP contribution in [-0.4, -0.2) is 21.8 Å². The van der Waals surface area contributed by atoms with Gasteiger partial charge in [0.15, 0.2) is 0 Å². The van der Waals surface area contributed by atoms with Gasteiger partial charge in [-0.05, 0) is 18.8 Å². The van der Waals surface area contributed by atoms with Gasteiger partial charge in [0.25, 0.3) is 0 Å². The minimum atomic E-state index is -3.78. The molecule has 0 fully saturated rings. The number of halogens is 1. The maximum absolute atomic E-state index is 10.4. The van der Waals surface area contributed by atoms with Crippen molar-refractivity contribution in [1.82, 2.24) is 0 Å². The highest BCUT2D eigenvalue weighted by Crippen LogP contribution is 2.35. The molecule has 0 aromatic carbocycles. The number of hydrogen-bond donors (Lipinski definition) is 2. The molecule has 0 saturated heterocycles. The molecule has 1 unspecified atom stereocenters. The van der Waals surface area contributed by atoms with Gasteiger partial charge in [0, 0.05) is 12.0 Å². The smallest absolute Gasteiger partial charge is 0.324 e. The lowest BCUT2D eigenvalue weighted by Crippen LogP contribution is -1.98. The third-order valence-electron chi connectivity index (χ3n) is 1.41. The second kappa shape index (κ2) is 5.15. The Labute approximate surface area is 71.9 Å². The summed E-state index contributed by atoms with van der Waals surface area (Å²) < 4.78 is 10.4. The Balaban J connectivity index is 3.35. The van der Waals surface area contributed by atoms with Crippen molar-refractivity contribution in [2.45, 2.75) is 19.8 Å². The molecule has 0 aromatic rings. The molecule has 0 bridgehead atoms. The lowest BCUT2D eigenvalue weighted by atomic mass is 10.1. The molecule has 0 aliphatic heterocycles.